The van der Waals surface area contributed by atoms with Gasteiger partial charge in [-0.1, -0.05) is 23.7 Å². The molecule has 3 rings (SSSR count). The number of amides is 1. The molecule has 6 nitrogen and oxygen atoms in total. The van der Waals surface area contributed by atoms with Crippen molar-refractivity contribution in [3.63, 3.8) is 0 Å². The Morgan fingerprint density at radius 1 is 1.31 bits per heavy atom. The Labute approximate surface area is 159 Å². The number of nitrogens with zero attached hydrogens (tertiary/aromatic N) is 2. The minimum atomic E-state index is -0.625. The number of imidazole rings is 1. The fraction of sp³-hybridized carbons (Fsp3) is 0.167. The summed E-state index contributed by atoms with van der Waals surface area (Å²) in [7, 11) is 0. The van der Waals surface area contributed by atoms with Crippen LogP contribution in [0.1, 0.15) is 10.6 Å². The summed E-state index contributed by atoms with van der Waals surface area (Å²) in [6.07, 6.45) is 5.28. The van der Waals surface area contributed by atoms with Crippen molar-refractivity contribution in [3.8, 4) is 0 Å². The summed E-state index contributed by atoms with van der Waals surface area (Å²) in [6, 6.07) is 9.46. The molecular formula is C18H16ClN3O3S. The van der Waals surface area contributed by atoms with Gasteiger partial charge < -0.3 is 10.1 Å². The summed E-state index contributed by atoms with van der Waals surface area (Å²) in [6.45, 7) is 0.179. The molecule has 0 aliphatic carbocycles. The molecule has 8 heteroatoms. The third-order valence-electron chi connectivity index (χ3n) is 3.52. The lowest BCUT2D eigenvalue weighted by molar-refractivity contribution is -0.143. The number of hydrogen-bond acceptors (Lipinski definition) is 5. The first kappa shape index (κ1) is 18.2. The number of nitrogens with one attached hydrogen (secondary N) is 1. The van der Waals surface area contributed by atoms with Crippen molar-refractivity contribution >= 4 is 46.5 Å². The minimum Gasteiger partial charge on any atom is -0.452 e. The number of ether oxygens (including phenoxy) is 1. The zero-order valence-corrected chi connectivity index (χ0v) is 15.3. The van der Waals surface area contributed by atoms with Gasteiger partial charge in [0.2, 0.25) is 0 Å². The zero-order valence-electron chi connectivity index (χ0n) is 13.7. The van der Waals surface area contributed by atoms with Crippen LogP contribution in [0.25, 0.3) is 11.7 Å². The smallest absolute Gasteiger partial charge is 0.331 e. The molecule has 0 aliphatic heterocycles. The largest absolute Gasteiger partial charge is 0.452 e. The van der Waals surface area contributed by atoms with E-state index in [9.17, 15) is 9.59 Å². The minimum absolute atomic E-state index is 0.284. The van der Waals surface area contributed by atoms with Gasteiger partial charge in [-0.3, -0.25) is 9.20 Å². The molecule has 26 heavy (non-hydrogen) atoms. The van der Waals surface area contributed by atoms with E-state index in [1.807, 2.05) is 35.7 Å². The highest BCUT2D eigenvalue weighted by molar-refractivity contribution is 7.09. The Morgan fingerprint density at radius 2 is 2.19 bits per heavy atom. The summed E-state index contributed by atoms with van der Waals surface area (Å²) >= 11 is 7.72. The number of rotatable bonds is 7. The second kappa shape index (κ2) is 8.64. The van der Waals surface area contributed by atoms with E-state index in [1.54, 1.807) is 21.9 Å². The van der Waals surface area contributed by atoms with E-state index in [4.69, 9.17) is 16.3 Å². The molecule has 1 amide bonds. The first-order valence-corrected chi connectivity index (χ1v) is 9.16. The molecule has 0 bridgehead atoms. The maximum atomic E-state index is 11.8. The van der Waals surface area contributed by atoms with E-state index >= 15 is 0 Å². The molecule has 1 N–H and O–H groups in total. The maximum Gasteiger partial charge on any atom is 0.331 e. The number of esters is 1. The molecule has 3 aromatic rings. The monoisotopic (exact) mass is 389 g/mol. The third kappa shape index (κ3) is 4.71. The van der Waals surface area contributed by atoms with E-state index in [0.717, 1.165) is 6.42 Å². The van der Waals surface area contributed by atoms with E-state index in [2.05, 4.69) is 10.3 Å². The number of halogens is 1. The normalized spacial score (nSPS) is 11.1. The molecule has 3 heterocycles. The molecule has 0 fully saturated rings. The van der Waals surface area contributed by atoms with Crippen LogP contribution in [0.3, 0.4) is 0 Å². The van der Waals surface area contributed by atoms with Crippen LogP contribution in [-0.2, 0) is 20.7 Å². The van der Waals surface area contributed by atoms with Crippen LogP contribution in [0, 0.1) is 0 Å². The van der Waals surface area contributed by atoms with Gasteiger partial charge in [0.1, 0.15) is 5.65 Å². The van der Waals surface area contributed by atoms with E-state index in [1.165, 1.54) is 17.0 Å². The molecule has 0 atom stereocenters. The van der Waals surface area contributed by atoms with Crippen LogP contribution >= 0.6 is 22.9 Å². The van der Waals surface area contributed by atoms with Gasteiger partial charge in [0.05, 0.1) is 5.69 Å². The van der Waals surface area contributed by atoms with Crippen LogP contribution in [0.4, 0.5) is 0 Å². The molecule has 0 unspecified atom stereocenters. The first-order chi connectivity index (χ1) is 12.6. The molecule has 0 aromatic carbocycles. The molecule has 0 saturated carbocycles. The maximum absolute atomic E-state index is 11.8. The van der Waals surface area contributed by atoms with Gasteiger partial charge in [0.25, 0.3) is 5.91 Å². The van der Waals surface area contributed by atoms with Gasteiger partial charge in [-0.25, -0.2) is 9.78 Å². The summed E-state index contributed by atoms with van der Waals surface area (Å²) in [5.74, 6) is -0.962. The van der Waals surface area contributed by atoms with Gasteiger partial charge in [0, 0.05) is 23.7 Å². The SMILES string of the molecule is O=C(COC(=O)/C=C/c1c(Cl)nc2ccccn12)NCCc1cccs1. The Balaban J connectivity index is 1.46. The molecular weight excluding hydrogens is 374 g/mol. The molecule has 134 valence electrons. The van der Waals surface area contributed by atoms with Crippen molar-refractivity contribution in [3.05, 3.63) is 63.7 Å². The third-order valence-corrected chi connectivity index (χ3v) is 4.73. The number of aromatic nitrogens is 2. The van der Waals surface area contributed by atoms with Crippen molar-refractivity contribution in [2.75, 3.05) is 13.2 Å². The highest BCUT2D eigenvalue weighted by Crippen LogP contribution is 2.18. The van der Waals surface area contributed by atoms with Crippen molar-refractivity contribution < 1.29 is 14.3 Å². The molecule has 0 saturated heterocycles. The van der Waals surface area contributed by atoms with Crippen molar-refractivity contribution in [2.24, 2.45) is 0 Å². The summed E-state index contributed by atoms with van der Waals surface area (Å²) < 4.78 is 6.69. The predicted molar refractivity (Wildman–Crippen MR) is 101 cm³/mol. The van der Waals surface area contributed by atoms with Crippen molar-refractivity contribution in [1.29, 1.82) is 0 Å². The van der Waals surface area contributed by atoms with Crippen LogP contribution in [0.15, 0.2) is 48.0 Å². The topological polar surface area (TPSA) is 72.7 Å². The standard InChI is InChI=1S/C18H16ClN3O3S/c19-18-14(22-10-2-1-5-15(22)21-18)6-7-17(24)25-12-16(23)20-9-8-13-4-3-11-26-13/h1-7,10-11H,8-9,12H2,(H,20,23)/b7-6+. The van der Waals surface area contributed by atoms with Gasteiger partial charge in [0.15, 0.2) is 11.8 Å². The Bertz CT molecular complexity index is 934. The van der Waals surface area contributed by atoms with E-state index in [0.29, 0.717) is 17.9 Å². The highest BCUT2D eigenvalue weighted by Gasteiger charge is 2.09. The number of hydrogen-bond donors (Lipinski definition) is 1. The number of thiophene rings is 1. The predicted octanol–water partition coefficient (Wildman–Crippen LogP) is 2.96. The number of carbonyl (C=O) groups is 2. The number of pyridine rings is 1. The van der Waals surface area contributed by atoms with Gasteiger partial charge in [-0.15, -0.1) is 11.3 Å². The van der Waals surface area contributed by atoms with Crippen LogP contribution < -0.4 is 5.32 Å². The highest BCUT2D eigenvalue weighted by atomic mass is 35.5. The Kier molecular flexibility index (Phi) is 6.04. The summed E-state index contributed by atoms with van der Waals surface area (Å²) in [4.78, 5) is 28.9. The lowest BCUT2D eigenvalue weighted by Gasteiger charge is -2.04. The van der Waals surface area contributed by atoms with Gasteiger partial charge in [-0.2, -0.15) is 0 Å². The lowest BCUT2D eigenvalue weighted by atomic mass is 10.3. The fourth-order valence-corrected chi connectivity index (χ4v) is 3.25. The second-order valence-electron chi connectivity index (χ2n) is 5.34. The summed E-state index contributed by atoms with van der Waals surface area (Å²) in [5, 5.41) is 4.98. The molecule has 0 spiro atoms. The van der Waals surface area contributed by atoms with Crippen molar-refractivity contribution in [2.45, 2.75) is 6.42 Å². The molecule has 0 aliphatic rings. The van der Waals surface area contributed by atoms with Crippen LogP contribution in [-0.4, -0.2) is 34.4 Å². The average Bonchev–Trinajstić information content (AvgIpc) is 3.25. The molecule has 0 radical (unpaired) electrons. The van der Waals surface area contributed by atoms with E-state index in [-0.39, 0.29) is 17.7 Å². The Morgan fingerprint density at radius 3 is 3.00 bits per heavy atom. The summed E-state index contributed by atoms with van der Waals surface area (Å²) in [5.41, 5.74) is 1.25. The second-order valence-corrected chi connectivity index (χ2v) is 6.73. The number of fused-ring (bicyclic) bond motifs is 1. The zero-order chi connectivity index (χ0) is 18.4. The van der Waals surface area contributed by atoms with E-state index < -0.39 is 5.97 Å². The lowest BCUT2D eigenvalue weighted by Crippen LogP contribution is -2.30. The van der Waals surface area contributed by atoms with Gasteiger partial charge in [-0.05, 0) is 36.1 Å². The fourth-order valence-electron chi connectivity index (χ4n) is 2.30. The Hall–Kier alpha value is -2.64. The van der Waals surface area contributed by atoms with Crippen LogP contribution in [0.2, 0.25) is 5.15 Å². The van der Waals surface area contributed by atoms with Crippen LogP contribution in [0.5, 0.6) is 0 Å². The molecule has 3 aromatic heterocycles. The van der Waals surface area contributed by atoms with Gasteiger partial charge >= 0.3 is 5.97 Å². The number of carbonyl (C=O) groups excluding carboxylic acids is 2. The first-order valence-electron chi connectivity index (χ1n) is 7.90. The average molecular weight is 390 g/mol. The quantitative estimate of drug-likeness (QED) is 0.498. The van der Waals surface area contributed by atoms with Crippen molar-refractivity contribution in [1.82, 2.24) is 14.7 Å².